The van der Waals surface area contributed by atoms with Gasteiger partial charge in [-0.15, -0.1) is 0 Å². The molecule has 0 heterocycles. The third kappa shape index (κ3) is 1.84. The van der Waals surface area contributed by atoms with Crippen molar-refractivity contribution in [2.75, 3.05) is 0 Å². The Hall–Kier alpha value is -1.99. The molecule has 0 radical (unpaired) electrons. The second kappa shape index (κ2) is 4.78. The molecule has 0 atom stereocenters. The van der Waals surface area contributed by atoms with Crippen molar-refractivity contribution in [3.8, 4) is 11.1 Å². The predicted molar refractivity (Wildman–Crippen MR) is 92.1 cm³/mol. The van der Waals surface area contributed by atoms with Gasteiger partial charge in [0.25, 0.3) is 0 Å². The van der Waals surface area contributed by atoms with E-state index >= 15 is 0 Å². The Labute approximate surface area is 127 Å². The molecule has 1 heteroatoms. The van der Waals surface area contributed by atoms with Gasteiger partial charge in [0.2, 0.25) is 0 Å². The third-order valence-electron chi connectivity index (χ3n) is 4.46. The maximum absolute atomic E-state index is 2.39. The summed E-state index contributed by atoms with van der Waals surface area (Å²) in [7, 11) is -0.483. The lowest BCUT2D eigenvalue weighted by molar-refractivity contribution is 1.11. The summed E-state index contributed by atoms with van der Waals surface area (Å²) < 4.78 is 0. The first-order chi connectivity index (χ1) is 10.3. The third-order valence-corrected chi connectivity index (χ3v) is 5.96. The fourth-order valence-electron chi connectivity index (χ4n) is 3.54. The lowest BCUT2D eigenvalue weighted by Gasteiger charge is -2.10. The highest BCUT2D eigenvalue weighted by Crippen LogP contribution is 2.37. The molecular weight excluding hydrogens is 268 g/mol. The van der Waals surface area contributed by atoms with E-state index < -0.39 is 8.41 Å². The minimum absolute atomic E-state index is 0.426. The van der Waals surface area contributed by atoms with E-state index in [1.54, 1.807) is 4.81 Å². The van der Waals surface area contributed by atoms with Crippen LogP contribution in [0.4, 0.5) is 0 Å². The molecule has 2 aromatic rings. The quantitative estimate of drug-likeness (QED) is 0.689. The van der Waals surface area contributed by atoms with Crippen LogP contribution in [0.3, 0.4) is 0 Å². The zero-order valence-corrected chi connectivity index (χ0v) is 13.4. The maximum atomic E-state index is 2.39. The van der Waals surface area contributed by atoms with Gasteiger partial charge >= 0.3 is 0 Å². The Balaban J connectivity index is 2.22. The highest BCUT2D eigenvalue weighted by atomic mass is 28.2. The molecule has 4 rings (SSSR count). The van der Waals surface area contributed by atoms with Gasteiger partial charge in [-0.05, 0) is 32.3 Å². The first kappa shape index (κ1) is 12.7. The van der Waals surface area contributed by atoms with Gasteiger partial charge in [-0.3, -0.25) is 0 Å². The molecule has 102 valence electrons. The summed E-state index contributed by atoms with van der Waals surface area (Å²) in [4.78, 5) is 1.57. The van der Waals surface area contributed by atoms with E-state index in [1.807, 2.05) is 0 Å². The number of benzene rings is 2. The predicted octanol–water partition coefficient (Wildman–Crippen LogP) is 4.20. The molecule has 0 amide bonds. The van der Waals surface area contributed by atoms with Gasteiger partial charge in [0.15, 0.2) is 0 Å². The molecule has 0 saturated heterocycles. The molecule has 0 N–H and O–H groups in total. The lowest BCUT2D eigenvalue weighted by Crippen LogP contribution is -2.14. The van der Waals surface area contributed by atoms with Gasteiger partial charge in [-0.25, -0.2) is 0 Å². The fourth-order valence-corrected chi connectivity index (χ4v) is 4.74. The normalized spacial score (nSPS) is 15.4. The molecule has 0 fully saturated rings. The van der Waals surface area contributed by atoms with Crippen molar-refractivity contribution in [3.05, 3.63) is 82.4 Å². The molecule has 0 aromatic heterocycles. The fraction of sp³-hybridized carbons (Fsp3) is 0.150. The molecule has 0 nitrogen and oxygen atoms in total. The molecule has 0 aliphatic heterocycles. The van der Waals surface area contributed by atoms with Crippen molar-refractivity contribution < 1.29 is 0 Å². The van der Waals surface area contributed by atoms with E-state index in [2.05, 4.69) is 79.9 Å². The molecule has 0 spiro atoms. The van der Waals surface area contributed by atoms with Crippen LogP contribution in [-0.2, 0) is 0 Å². The lowest BCUT2D eigenvalue weighted by atomic mass is 9.94. The first-order valence-corrected chi connectivity index (χ1v) is 10.0. The van der Waals surface area contributed by atoms with Crippen LogP contribution in [0, 0.1) is 10.7 Å². The van der Waals surface area contributed by atoms with Gasteiger partial charge in [0.1, 0.15) is 0 Å². The molecule has 0 bridgehead atoms. The zero-order valence-electron chi connectivity index (χ0n) is 12.4. The van der Waals surface area contributed by atoms with Crippen LogP contribution >= 0.6 is 0 Å². The average molecular weight is 286 g/mol. The van der Waals surface area contributed by atoms with Crippen LogP contribution in [0.15, 0.2) is 66.8 Å². The Bertz CT molecular complexity index is 897. The second-order valence-electron chi connectivity index (χ2n) is 5.98. The summed E-state index contributed by atoms with van der Waals surface area (Å²) >= 11 is 0. The summed E-state index contributed by atoms with van der Waals surface area (Å²) in [5, 5.41) is 1.51. The highest BCUT2D eigenvalue weighted by Gasteiger charge is 2.24. The van der Waals surface area contributed by atoms with Crippen LogP contribution < -0.4 is 5.22 Å². The van der Waals surface area contributed by atoms with Gasteiger partial charge in [0.05, 0.1) is 0 Å². The van der Waals surface area contributed by atoms with Crippen molar-refractivity contribution in [3.63, 3.8) is 0 Å². The molecule has 2 aromatic carbocycles. The van der Waals surface area contributed by atoms with Crippen LogP contribution in [0.2, 0.25) is 13.1 Å². The van der Waals surface area contributed by atoms with E-state index in [1.165, 1.54) is 27.5 Å². The van der Waals surface area contributed by atoms with Gasteiger partial charge in [-0.2, -0.15) is 0 Å². The van der Waals surface area contributed by atoms with Crippen molar-refractivity contribution in [2.45, 2.75) is 13.1 Å². The number of allylic oxidation sites excluding steroid dienone is 4. The average Bonchev–Trinajstić information content (AvgIpc) is 3.11. The number of hydrogen-bond acceptors (Lipinski definition) is 0. The topological polar surface area (TPSA) is 0 Å². The smallest absolute Gasteiger partial charge is 0.0217 e. The summed E-state index contributed by atoms with van der Waals surface area (Å²) in [5.41, 5.74) is 5.76. The number of hydrogen-bond donors (Lipinski definition) is 0. The SMILES string of the molecule is C[Si](C)=c1cccc2c1=C(C1C=CC=C1)c1ccccc1-2. The summed E-state index contributed by atoms with van der Waals surface area (Å²) in [6.07, 6.45) is 8.97. The van der Waals surface area contributed by atoms with Crippen molar-refractivity contribution in [1.82, 2.24) is 0 Å². The molecule has 2 aliphatic rings. The standard InChI is InChI=1S/C20H18Si/c1-21(2)18-13-7-12-17-15-10-5-6-11-16(15)19(20(17)18)14-8-3-4-9-14/h3-14H,1-2H3. The monoisotopic (exact) mass is 286 g/mol. The van der Waals surface area contributed by atoms with Crippen LogP contribution in [0.5, 0.6) is 0 Å². The highest BCUT2D eigenvalue weighted by molar-refractivity contribution is 6.47. The molecule has 2 aliphatic carbocycles. The van der Waals surface area contributed by atoms with Gasteiger partial charge < -0.3 is 0 Å². The van der Waals surface area contributed by atoms with E-state index in [4.69, 9.17) is 0 Å². The minimum Gasteiger partial charge on any atom is -0.0732 e. The zero-order chi connectivity index (χ0) is 14.4. The van der Waals surface area contributed by atoms with Crippen LogP contribution in [0.1, 0.15) is 5.56 Å². The molecule has 21 heavy (non-hydrogen) atoms. The summed E-state index contributed by atoms with van der Waals surface area (Å²) in [5.74, 6) is 0.426. The Morgan fingerprint density at radius 2 is 1.43 bits per heavy atom. The maximum Gasteiger partial charge on any atom is 0.0217 e. The summed E-state index contributed by atoms with van der Waals surface area (Å²) in [6.45, 7) is 4.78. The number of fused-ring (bicyclic) bond motifs is 3. The largest absolute Gasteiger partial charge is 0.0732 e. The Morgan fingerprint density at radius 3 is 2.14 bits per heavy atom. The molecular formula is C20H18Si. The van der Waals surface area contributed by atoms with Gasteiger partial charge in [0, 0.05) is 14.3 Å². The Kier molecular flexibility index (Phi) is 2.90. The Morgan fingerprint density at radius 1 is 0.762 bits per heavy atom. The van der Waals surface area contributed by atoms with Crippen molar-refractivity contribution in [1.29, 1.82) is 0 Å². The van der Waals surface area contributed by atoms with E-state index in [0.29, 0.717) is 5.92 Å². The van der Waals surface area contributed by atoms with E-state index in [9.17, 15) is 0 Å². The molecule has 0 unspecified atom stereocenters. The van der Waals surface area contributed by atoms with E-state index in [0.717, 1.165) is 0 Å². The van der Waals surface area contributed by atoms with Crippen molar-refractivity contribution >= 4 is 14.0 Å². The first-order valence-electron chi connectivity index (χ1n) is 7.53. The molecule has 0 saturated carbocycles. The number of rotatable bonds is 1. The summed E-state index contributed by atoms with van der Waals surface area (Å²) in [6, 6.07) is 15.7. The van der Waals surface area contributed by atoms with Crippen molar-refractivity contribution in [2.24, 2.45) is 5.92 Å². The van der Waals surface area contributed by atoms with Crippen LogP contribution in [0.25, 0.3) is 16.7 Å². The minimum atomic E-state index is -0.483. The van der Waals surface area contributed by atoms with Gasteiger partial charge in [-0.1, -0.05) is 79.9 Å². The van der Waals surface area contributed by atoms with Crippen LogP contribution in [-0.4, -0.2) is 8.41 Å². The van der Waals surface area contributed by atoms with E-state index in [-0.39, 0.29) is 0 Å². The second-order valence-corrected chi connectivity index (χ2v) is 8.52.